The van der Waals surface area contributed by atoms with Gasteiger partial charge in [-0.3, -0.25) is 4.79 Å². The number of hydrogen-bond acceptors (Lipinski definition) is 10. The van der Waals surface area contributed by atoms with Crippen LogP contribution in [0.3, 0.4) is 0 Å². The minimum atomic E-state index is -0.0536. The molecular weight excluding hydrogens is 496 g/mol. The Morgan fingerprint density at radius 2 is 2.19 bits per heavy atom. The van der Waals surface area contributed by atoms with Crippen molar-refractivity contribution in [1.29, 1.82) is 0 Å². The maximum atomic E-state index is 12.0. The molecule has 11 nitrogen and oxygen atoms in total. The van der Waals surface area contributed by atoms with Crippen LogP contribution in [0.25, 0.3) is 11.0 Å². The first-order chi connectivity index (χ1) is 17.9. The fourth-order valence-electron chi connectivity index (χ4n) is 4.16. The van der Waals surface area contributed by atoms with E-state index in [-0.39, 0.29) is 18.6 Å². The molecule has 1 aromatic carbocycles. The van der Waals surface area contributed by atoms with E-state index in [0.29, 0.717) is 58.2 Å². The molecule has 0 spiro atoms. The second-order valence-electron chi connectivity index (χ2n) is 8.57. The molecule has 37 heavy (non-hydrogen) atoms. The Morgan fingerprint density at radius 3 is 2.95 bits per heavy atom. The highest BCUT2D eigenvalue weighted by Crippen LogP contribution is 2.31. The first-order valence-electron chi connectivity index (χ1n) is 11.7. The van der Waals surface area contributed by atoms with Crippen molar-refractivity contribution in [2.24, 2.45) is 0 Å². The monoisotopic (exact) mass is 520 g/mol. The van der Waals surface area contributed by atoms with Gasteiger partial charge in [-0.25, -0.2) is 15.0 Å². The molecule has 0 radical (unpaired) electrons. The first-order valence-corrected chi connectivity index (χ1v) is 12.0. The van der Waals surface area contributed by atoms with E-state index in [0.717, 1.165) is 12.2 Å². The van der Waals surface area contributed by atoms with Crippen molar-refractivity contribution in [2.45, 2.75) is 26.0 Å². The molecule has 4 aromatic rings. The minimum Gasteiger partial charge on any atom is -0.482 e. The first kappa shape index (κ1) is 24.4. The van der Waals surface area contributed by atoms with Gasteiger partial charge < -0.3 is 24.3 Å². The molecule has 190 valence electrons. The van der Waals surface area contributed by atoms with E-state index in [9.17, 15) is 4.79 Å². The van der Waals surface area contributed by atoms with Crippen molar-refractivity contribution in [1.82, 2.24) is 30.0 Å². The van der Waals surface area contributed by atoms with Gasteiger partial charge in [0.05, 0.1) is 10.5 Å². The summed E-state index contributed by atoms with van der Waals surface area (Å²) >= 11 is 6.45. The zero-order valence-electron chi connectivity index (χ0n) is 20.4. The quantitative estimate of drug-likeness (QED) is 0.342. The van der Waals surface area contributed by atoms with Crippen LogP contribution in [0.1, 0.15) is 18.2 Å². The number of rotatable bonds is 8. The van der Waals surface area contributed by atoms with Crippen LogP contribution in [0.5, 0.6) is 5.75 Å². The molecule has 1 saturated heterocycles. The summed E-state index contributed by atoms with van der Waals surface area (Å²) in [5.74, 6) is 2.58. The number of hydrogen-bond donors (Lipinski definition) is 1. The number of nitrogens with zero attached hydrogens (tertiary/aromatic N) is 7. The number of likely N-dealkylation sites (N-methyl/N-ethyl adjacent to an activating group) is 1. The third kappa shape index (κ3) is 5.31. The average Bonchev–Trinajstić information content (AvgIpc) is 3.57. The lowest BCUT2D eigenvalue weighted by atomic mass is 10.2. The van der Waals surface area contributed by atoms with Gasteiger partial charge in [-0.2, -0.15) is 0 Å². The van der Waals surface area contributed by atoms with Crippen LogP contribution in [-0.4, -0.2) is 62.1 Å². The molecule has 1 aliphatic rings. The molecule has 1 amide bonds. The normalized spacial score (nSPS) is 15.1. The Balaban J connectivity index is 1.33. The Morgan fingerprint density at radius 1 is 1.32 bits per heavy atom. The number of ether oxygens (including phenoxy) is 1. The molecule has 0 saturated carbocycles. The Labute approximate surface area is 218 Å². The number of likely N-dealkylation sites (tertiary alicyclic amines) is 1. The summed E-state index contributed by atoms with van der Waals surface area (Å²) in [6.07, 6.45) is 3.69. The number of pyridine rings is 1. The molecule has 0 unspecified atom stereocenters. The highest BCUT2D eigenvalue weighted by atomic mass is 35.5. The van der Waals surface area contributed by atoms with Crippen molar-refractivity contribution in [2.75, 3.05) is 30.4 Å². The molecule has 5 rings (SSSR count). The number of carbonyl (C=O) groups is 1. The minimum absolute atomic E-state index is 0.0536. The van der Waals surface area contributed by atoms with Gasteiger partial charge in [-0.15, -0.1) is 10.2 Å². The number of halogens is 1. The van der Waals surface area contributed by atoms with Gasteiger partial charge in [0.2, 0.25) is 11.8 Å². The van der Waals surface area contributed by atoms with Crippen molar-refractivity contribution in [3.63, 3.8) is 0 Å². The number of aryl methyl sites for hydroxylation is 1. The summed E-state index contributed by atoms with van der Waals surface area (Å²) in [7, 11) is 1.98. The van der Waals surface area contributed by atoms with Gasteiger partial charge in [-0.05, 0) is 42.8 Å². The summed E-state index contributed by atoms with van der Waals surface area (Å²) in [6, 6.07) is 9.30. The number of benzene rings is 1. The second-order valence-corrected chi connectivity index (χ2v) is 8.98. The summed E-state index contributed by atoms with van der Waals surface area (Å²) in [4.78, 5) is 29.5. The van der Waals surface area contributed by atoms with E-state index in [1.165, 1.54) is 12.4 Å². The lowest BCUT2D eigenvalue weighted by Crippen LogP contribution is -2.36. The number of amides is 1. The maximum absolute atomic E-state index is 12.0. The molecule has 1 fully saturated rings. The molecule has 0 aliphatic carbocycles. The third-order valence-corrected chi connectivity index (χ3v) is 6.43. The molecule has 1 N–H and O–H groups in total. The third-order valence-electron chi connectivity index (χ3n) is 6.14. The number of nitrogens with one attached hydrogen (secondary N) is 1. The predicted molar refractivity (Wildman–Crippen MR) is 139 cm³/mol. The van der Waals surface area contributed by atoms with Crippen LogP contribution in [0.4, 0.5) is 17.3 Å². The van der Waals surface area contributed by atoms with Crippen molar-refractivity contribution >= 4 is 45.9 Å². The molecule has 1 atom stereocenters. The second kappa shape index (κ2) is 10.4. The molecule has 0 bridgehead atoms. The fraction of sp³-hybridized carbons (Fsp3) is 0.280. The summed E-state index contributed by atoms with van der Waals surface area (Å²) in [5, 5.41) is 11.4. The van der Waals surface area contributed by atoms with E-state index >= 15 is 0 Å². The summed E-state index contributed by atoms with van der Waals surface area (Å²) < 4.78 is 11.0. The van der Waals surface area contributed by atoms with Crippen LogP contribution in [0.15, 0.2) is 53.7 Å². The van der Waals surface area contributed by atoms with Gasteiger partial charge in [0.1, 0.15) is 23.4 Å². The average molecular weight is 521 g/mol. The van der Waals surface area contributed by atoms with E-state index in [1.54, 1.807) is 24.0 Å². The molecule has 1 aliphatic heterocycles. The van der Waals surface area contributed by atoms with Crippen molar-refractivity contribution < 1.29 is 13.9 Å². The van der Waals surface area contributed by atoms with E-state index in [1.807, 2.05) is 25.2 Å². The molecular formula is C25H25ClN8O3. The van der Waals surface area contributed by atoms with E-state index in [4.69, 9.17) is 25.7 Å². The van der Waals surface area contributed by atoms with Crippen LogP contribution >= 0.6 is 11.6 Å². The van der Waals surface area contributed by atoms with Crippen LogP contribution in [0.2, 0.25) is 5.02 Å². The zero-order valence-corrected chi connectivity index (χ0v) is 21.1. The van der Waals surface area contributed by atoms with Gasteiger partial charge >= 0.3 is 0 Å². The smallest absolute Gasteiger partial charge is 0.253 e. The Kier molecular flexibility index (Phi) is 6.87. The SMILES string of the molecule is C=CC(=O)N1CC[C@H](N(C)c2ccc3ncnc(Nc4ccc(OCc5nnc(C)o5)c(Cl)c4)c3n2)C1. The highest BCUT2D eigenvalue weighted by molar-refractivity contribution is 6.32. The molecule has 3 aromatic heterocycles. The van der Waals surface area contributed by atoms with Gasteiger partial charge in [0.25, 0.3) is 5.89 Å². The highest BCUT2D eigenvalue weighted by Gasteiger charge is 2.28. The lowest BCUT2D eigenvalue weighted by molar-refractivity contribution is -0.125. The predicted octanol–water partition coefficient (Wildman–Crippen LogP) is 3.92. The Bertz CT molecular complexity index is 1460. The zero-order chi connectivity index (χ0) is 25.9. The van der Waals surface area contributed by atoms with Crippen LogP contribution in [-0.2, 0) is 11.4 Å². The van der Waals surface area contributed by atoms with Gasteiger partial charge in [0, 0.05) is 38.8 Å². The fourth-order valence-corrected chi connectivity index (χ4v) is 4.39. The number of fused-ring (bicyclic) bond motifs is 1. The number of aromatic nitrogens is 5. The van der Waals surface area contributed by atoms with Crippen molar-refractivity contribution in [3.05, 3.63) is 66.1 Å². The topological polar surface area (TPSA) is 122 Å². The maximum Gasteiger partial charge on any atom is 0.253 e. The lowest BCUT2D eigenvalue weighted by Gasteiger charge is -2.26. The Hall–Kier alpha value is -4.25. The number of anilines is 3. The summed E-state index contributed by atoms with van der Waals surface area (Å²) in [6.45, 7) is 6.73. The largest absolute Gasteiger partial charge is 0.482 e. The van der Waals surface area contributed by atoms with Gasteiger partial charge in [0.15, 0.2) is 12.4 Å². The van der Waals surface area contributed by atoms with Crippen molar-refractivity contribution in [3.8, 4) is 5.75 Å². The standard InChI is InChI=1S/C25H25ClN8O3/c1-4-23(35)34-10-9-17(12-34)33(3)21-8-6-19-24(30-21)25(28-14-27-19)29-16-5-7-20(18(26)11-16)36-13-22-32-31-15(2)37-22/h4-8,11,14,17H,1,9-10,12-13H2,2-3H3,(H,27,28,29)/t17-/m0/s1. The number of carbonyl (C=O) groups excluding carboxylic acids is 1. The molecule has 4 heterocycles. The van der Waals surface area contributed by atoms with E-state index in [2.05, 4.69) is 37.0 Å². The molecule has 12 heteroatoms. The van der Waals surface area contributed by atoms with E-state index < -0.39 is 0 Å². The van der Waals surface area contributed by atoms with Gasteiger partial charge in [-0.1, -0.05) is 18.2 Å². The van der Waals surface area contributed by atoms with Crippen LogP contribution < -0.4 is 15.0 Å². The van der Waals surface area contributed by atoms with Crippen LogP contribution in [0, 0.1) is 6.92 Å². The summed E-state index contributed by atoms with van der Waals surface area (Å²) in [5.41, 5.74) is 2.03.